The van der Waals surface area contributed by atoms with Gasteiger partial charge in [-0.25, -0.2) is 0 Å². The summed E-state index contributed by atoms with van der Waals surface area (Å²) < 4.78 is 0. The van der Waals surface area contributed by atoms with Gasteiger partial charge in [-0.2, -0.15) is 0 Å². The summed E-state index contributed by atoms with van der Waals surface area (Å²) in [7, 11) is 0. The molecule has 0 fully saturated rings. The smallest absolute Gasteiger partial charge is 0.232 e. The largest absolute Gasteiger partial charge is 0.343 e. The summed E-state index contributed by atoms with van der Waals surface area (Å²) in [6.45, 7) is 7.01. The van der Waals surface area contributed by atoms with Gasteiger partial charge in [0, 0.05) is 23.5 Å². The van der Waals surface area contributed by atoms with Gasteiger partial charge in [0.1, 0.15) is 0 Å². The number of Topliss-reactive ketones (excluding diaryl/α,β-unsaturated/α-hetero) is 1. The number of carbonyl (C=O) groups is 2. The number of amides is 1. The minimum Gasteiger partial charge on any atom is -0.343 e. The van der Waals surface area contributed by atoms with Crippen molar-refractivity contribution < 1.29 is 9.59 Å². The van der Waals surface area contributed by atoms with Crippen LogP contribution in [-0.4, -0.2) is 35.4 Å². The van der Waals surface area contributed by atoms with Crippen LogP contribution in [0.15, 0.2) is 29.2 Å². The molecule has 0 saturated heterocycles. The average Bonchev–Trinajstić information content (AvgIpc) is 2.38. The van der Waals surface area contributed by atoms with E-state index in [1.165, 1.54) is 11.8 Å². The highest BCUT2D eigenvalue weighted by atomic mass is 32.2. The normalized spacial score (nSPS) is 10.2. The van der Waals surface area contributed by atoms with E-state index in [1.54, 1.807) is 19.1 Å². The molecule has 0 aliphatic carbocycles. The Balaban J connectivity index is 2.53. The van der Waals surface area contributed by atoms with Crippen molar-refractivity contribution in [1.29, 1.82) is 0 Å². The lowest BCUT2D eigenvalue weighted by Crippen LogP contribution is -2.31. The Morgan fingerprint density at radius 1 is 1.11 bits per heavy atom. The molecule has 1 aromatic rings. The fourth-order valence-corrected chi connectivity index (χ4v) is 2.40. The van der Waals surface area contributed by atoms with Crippen molar-refractivity contribution in [2.45, 2.75) is 25.7 Å². The molecule has 1 amide bonds. The van der Waals surface area contributed by atoms with Crippen molar-refractivity contribution in [2.75, 3.05) is 18.8 Å². The second-order valence-corrected chi connectivity index (χ2v) is 4.98. The minimum absolute atomic E-state index is 0.0609. The molecule has 0 heterocycles. The lowest BCUT2D eigenvalue weighted by atomic mass is 10.2. The van der Waals surface area contributed by atoms with Gasteiger partial charge in [-0.15, -0.1) is 11.8 Å². The van der Waals surface area contributed by atoms with E-state index in [-0.39, 0.29) is 11.7 Å². The predicted molar refractivity (Wildman–Crippen MR) is 75.1 cm³/mol. The van der Waals surface area contributed by atoms with Gasteiger partial charge in [0.25, 0.3) is 0 Å². The number of nitrogens with zero attached hydrogens (tertiary/aromatic N) is 1. The summed E-state index contributed by atoms with van der Waals surface area (Å²) in [5, 5.41) is 0. The maximum atomic E-state index is 11.8. The first kappa shape index (κ1) is 14.8. The van der Waals surface area contributed by atoms with E-state index in [0.717, 1.165) is 18.0 Å². The van der Waals surface area contributed by atoms with Crippen LogP contribution in [0.25, 0.3) is 0 Å². The van der Waals surface area contributed by atoms with Gasteiger partial charge < -0.3 is 4.90 Å². The van der Waals surface area contributed by atoms with E-state index in [0.29, 0.717) is 11.3 Å². The number of ketones is 1. The molecule has 0 atom stereocenters. The molecule has 0 N–H and O–H groups in total. The third-order valence-corrected chi connectivity index (χ3v) is 3.74. The van der Waals surface area contributed by atoms with Crippen molar-refractivity contribution in [2.24, 2.45) is 0 Å². The van der Waals surface area contributed by atoms with E-state index < -0.39 is 0 Å². The first-order valence-corrected chi connectivity index (χ1v) is 7.08. The topological polar surface area (TPSA) is 37.4 Å². The summed E-state index contributed by atoms with van der Waals surface area (Å²) in [5.41, 5.74) is 0.703. The van der Waals surface area contributed by atoms with Gasteiger partial charge in [-0.05, 0) is 32.9 Å². The second-order valence-electron chi connectivity index (χ2n) is 3.94. The zero-order valence-corrected chi connectivity index (χ0v) is 11.9. The number of carbonyl (C=O) groups excluding carboxylic acids is 2. The van der Waals surface area contributed by atoms with Crippen LogP contribution in [0, 0.1) is 0 Å². The Morgan fingerprint density at radius 2 is 1.67 bits per heavy atom. The van der Waals surface area contributed by atoms with Crippen LogP contribution in [0.1, 0.15) is 31.1 Å². The molecule has 0 aliphatic heterocycles. The highest BCUT2D eigenvalue weighted by Crippen LogP contribution is 2.19. The van der Waals surface area contributed by atoms with Crippen LogP contribution in [-0.2, 0) is 4.79 Å². The number of hydrogen-bond donors (Lipinski definition) is 0. The molecule has 1 rings (SSSR count). The van der Waals surface area contributed by atoms with Crippen molar-refractivity contribution >= 4 is 23.5 Å². The van der Waals surface area contributed by atoms with Crippen LogP contribution in [0.3, 0.4) is 0 Å². The molecule has 0 saturated carbocycles. The highest BCUT2D eigenvalue weighted by Gasteiger charge is 2.09. The third kappa shape index (κ3) is 4.18. The molecule has 1 aromatic carbocycles. The van der Waals surface area contributed by atoms with Crippen molar-refractivity contribution in [3.63, 3.8) is 0 Å². The van der Waals surface area contributed by atoms with Gasteiger partial charge in [-0.1, -0.05) is 12.1 Å². The molecule has 3 nitrogen and oxygen atoms in total. The lowest BCUT2D eigenvalue weighted by Gasteiger charge is -2.18. The SMILES string of the molecule is CCN(CC)C(=O)CSc1ccc(C(C)=O)cc1. The average molecular weight is 265 g/mol. The van der Waals surface area contributed by atoms with E-state index in [4.69, 9.17) is 0 Å². The highest BCUT2D eigenvalue weighted by molar-refractivity contribution is 8.00. The molecule has 98 valence electrons. The summed E-state index contributed by atoms with van der Waals surface area (Å²) in [6, 6.07) is 7.37. The van der Waals surface area contributed by atoms with Gasteiger partial charge >= 0.3 is 0 Å². The molecule has 0 spiro atoms. The summed E-state index contributed by atoms with van der Waals surface area (Å²) >= 11 is 1.51. The predicted octanol–water partition coefficient (Wildman–Crippen LogP) is 2.85. The van der Waals surface area contributed by atoms with Crippen molar-refractivity contribution in [1.82, 2.24) is 4.90 Å². The van der Waals surface area contributed by atoms with Crippen LogP contribution >= 0.6 is 11.8 Å². The van der Waals surface area contributed by atoms with Crippen LogP contribution in [0.5, 0.6) is 0 Å². The second kappa shape index (κ2) is 7.21. The first-order chi connectivity index (χ1) is 8.58. The molecule has 0 aliphatic rings. The molecule has 0 unspecified atom stereocenters. The lowest BCUT2D eigenvalue weighted by molar-refractivity contribution is -0.127. The third-order valence-electron chi connectivity index (χ3n) is 2.74. The summed E-state index contributed by atoms with van der Waals surface area (Å²) in [4.78, 5) is 25.8. The molecule has 0 radical (unpaired) electrons. The van der Waals surface area contributed by atoms with Crippen LogP contribution in [0.4, 0.5) is 0 Å². The monoisotopic (exact) mass is 265 g/mol. The van der Waals surface area contributed by atoms with E-state index in [2.05, 4.69) is 0 Å². The Labute approximate surface area is 113 Å². The van der Waals surface area contributed by atoms with E-state index in [9.17, 15) is 9.59 Å². The van der Waals surface area contributed by atoms with Crippen LogP contribution < -0.4 is 0 Å². The zero-order valence-electron chi connectivity index (χ0n) is 11.1. The van der Waals surface area contributed by atoms with E-state index in [1.807, 2.05) is 30.9 Å². The van der Waals surface area contributed by atoms with Crippen molar-refractivity contribution in [3.05, 3.63) is 29.8 Å². The minimum atomic E-state index is 0.0609. The quantitative estimate of drug-likeness (QED) is 0.586. The maximum absolute atomic E-state index is 11.8. The first-order valence-electron chi connectivity index (χ1n) is 6.10. The van der Waals surface area contributed by atoms with Gasteiger partial charge in [0.2, 0.25) is 5.91 Å². The van der Waals surface area contributed by atoms with Gasteiger partial charge in [-0.3, -0.25) is 9.59 Å². The van der Waals surface area contributed by atoms with E-state index >= 15 is 0 Å². The Bertz CT molecular complexity index is 410. The summed E-state index contributed by atoms with van der Waals surface area (Å²) in [5.74, 6) is 0.660. The molecule has 0 bridgehead atoms. The Hall–Kier alpha value is -1.29. The molecule has 18 heavy (non-hydrogen) atoms. The molecule has 4 heteroatoms. The fourth-order valence-electron chi connectivity index (χ4n) is 1.60. The molecule has 0 aromatic heterocycles. The van der Waals surface area contributed by atoms with Gasteiger partial charge in [0.05, 0.1) is 5.75 Å². The van der Waals surface area contributed by atoms with Crippen LogP contribution in [0.2, 0.25) is 0 Å². The Kier molecular flexibility index (Phi) is 5.92. The maximum Gasteiger partial charge on any atom is 0.232 e. The van der Waals surface area contributed by atoms with Crippen molar-refractivity contribution in [3.8, 4) is 0 Å². The Morgan fingerprint density at radius 3 is 2.11 bits per heavy atom. The standard InChI is InChI=1S/C14H19NO2S/c1-4-15(5-2)14(17)10-18-13-8-6-12(7-9-13)11(3)16/h6-9H,4-5,10H2,1-3H3. The fraction of sp³-hybridized carbons (Fsp3) is 0.429. The molecular weight excluding hydrogens is 246 g/mol. The molecular formula is C14H19NO2S. The number of benzene rings is 1. The summed E-state index contributed by atoms with van der Waals surface area (Å²) in [6.07, 6.45) is 0. The van der Waals surface area contributed by atoms with Gasteiger partial charge in [0.15, 0.2) is 5.78 Å². The zero-order chi connectivity index (χ0) is 13.5. The number of hydrogen-bond acceptors (Lipinski definition) is 3. The number of rotatable bonds is 6. The number of thioether (sulfide) groups is 1.